The van der Waals surface area contributed by atoms with E-state index in [2.05, 4.69) is 45.7 Å². The van der Waals surface area contributed by atoms with E-state index in [1.165, 1.54) is 0 Å². The Hall–Kier alpha value is 7.18. The molecule has 13 N–H and O–H groups in total. The molecule has 0 unspecified atom stereocenters. The Bertz CT molecular complexity index is 495. The van der Waals surface area contributed by atoms with Crippen LogP contribution in [0.3, 0.4) is 0 Å². The van der Waals surface area contributed by atoms with E-state index >= 15 is 0 Å². The van der Waals surface area contributed by atoms with E-state index in [0.717, 1.165) is 0 Å². The summed E-state index contributed by atoms with van der Waals surface area (Å²) in [6.07, 6.45) is 0. The van der Waals surface area contributed by atoms with Gasteiger partial charge in [0.25, 0.3) is 0 Å². The third-order valence-electron chi connectivity index (χ3n) is 2.34. The van der Waals surface area contributed by atoms with Gasteiger partial charge in [-0.3, -0.25) is 0 Å². The molecule has 0 aromatic heterocycles. The quantitative estimate of drug-likeness (QED) is 0.0504. The minimum absolute atomic E-state index is 0. The van der Waals surface area contributed by atoms with Crippen molar-refractivity contribution in [2.45, 2.75) is 0 Å². The van der Waals surface area contributed by atoms with Crippen molar-refractivity contribution in [2.24, 2.45) is 0 Å². The molecule has 212 valence electrons. The average Bonchev–Trinajstić information content (AvgIpc) is 2.57. The largest absolute Gasteiger partial charge is 0.621 e. The van der Waals surface area contributed by atoms with Crippen LogP contribution in [0.25, 0.3) is 0 Å². The predicted octanol–water partition coefficient (Wildman–Crippen LogP) is -13.3. The van der Waals surface area contributed by atoms with E-state index in [-0.39, 0.29) is 232 Å². The third kappa shape index (κ3) is 57.9. The van der Waals surface area contributed by atoms with Crippen molar-refractivity contribution in [1.82, 2.24) is 0 Å². The van der Waals surface area contributed by atoms with E-state index < -0.39 is 80.5 Å². The SMILES string of the molecule is OB(O)OB(O)OB(O)OB(O)OB(O)OB(O)OB(O)OB(O)OB(O)OB(O)OB(O)O.[AlH3].[Zn].[Zn].[Zn].[Zn].[Zn].[Zn].[Zn].[Zn].[Zn].[Zn].[Zn]. The van der Waals surface area contributed by atoms with Gasteiger partial charge in [0.05, 0.1) is 0 Å². The second-order valence-corrected chi connectivity index (χ2v) is 4.78. The van der Waals surface area contributed by atoms with Crippen LogP contribution < -0.4 is 0 Å². The van der Waals surface area contributed by atoms with Crippen LogP contribution in [0.2, 0.25) is 0 Å². The molecule has 0 aliphatic carbocycles. The maximum atomic E-state index is 9.27. The minimum Gasteiger partial charge on any atom is -0.403 e. The van der Waals surface area contributed by atoms with Crippen LogP contribution in [0.1, 0.15) is 0 Å². The summed E-state index contributed by atoms with van der Waals surface area (Å²) in [6, 6.07) is 0. The van der Waals surface area contributed by atoms with E-state index in [9.17, 15) is 25.1 Å². The summed E-state index contributed by atoms with van der Waals surface area (Å²) in [5.74, 6) is 0. The van der Waals surface area contributed by atoms with Crippen molar-refractivity contribution in [3.8, 4) is 0 Å². The zero-order valence-electron chi connectivity index (χ0n) is 24.0. The molecule has 0 aliphatic rings. The molecule has 0 bridgehead atoms. The monoisotopic (exact) mass is 1240 g/mol. The molecule has 0 heterocycles. The average molecular weight is 1250 g/mol. The van der Waals surface area contributed by atoms with Gasteiger partial charge in [0, 0.05) is 214 Å². The first-order valence-electron chi connectivity index (χ1n) is 8.07. The topological polar surface area (TPSA) is 355 Å². The Morgan fingerprint density at radius 3 is 0.370 bits per heavy atom. The minimum atomic E-state index is -2.63. The standard InChI is InChI=1S/Al.B11H13O23.11Zn.3H/c;12-1(13)25-3(16)27-5(18)29-7(20)31-9(22)33-11(24)34-10(23)32-8(21)30-6(19)28-4(17)26-2(14)15;;;;;;;;;;;;;;/h;12-24H;;;;;;;;;;;;;;. The predicted molar refractivity (Wildman–Crippen MR) is 113 cm³/mol. The van der Waals surface area contributed by atoms with Gasteiger partial charge in [0.1, 0.15) is 0 Å². The Morgan fingerprint density at radius 1 is 0.196 bits per heavy atom. The molecule has 0 aromatic rings. The van der Waals surface area contributed by atoms with Crippen molar-refractivity contribution in [3.05, 3.63) is 0 Å². The van der Waals surface area contributed by atoms with Crippen molar-refractivity contribution in [3.63, 3.8) is 0 Å². The maximum absolute atomic E-state index is 9.27. The Kier molecular flexibility index (Phi) is 106. The summed E-state index contributed by atoms with van der Waals surface area (Å²) in [5, 5.41) is 116. The molecule has 0 radical (unpaired) electrons. The first-order chi connectivity index (χ1) is 15.7. The molecule has 0 spiro atoms. The maximum Gasteiger partial charge on any atom is 0.621 e. The van der Waals surface area contributed by atoms with Gasteiger partial charge in [-0.2, -0.15) is 0 Å². The molecule has 0 fully saturated rings. The normalized spacial score (nSPS) is 7.76. The molecule has 46 heavy (non-hydrogen) atoms. The van der Waals surface area contributed by atoms with Crippen LogP contribution in [-0.2, 0) is 260 Å². The number of hydrogen-bond donors (Lipinski definition) is 13. The summed E-state index contributed by atoms with van der Waals surface area (Å²) < 4.78 is 40.1. The first-order valence-corrected chi connectivity index (χ1v) is 8.07. The van der Waals surface area contributed by atoms with Crippen LogP contribution in [0.5, 0.6) is 0 Å². The van der Waals surface area contributed by atoms with Crippen molar-refractivity contribution < 1.29 is 325 Å². The molecule has 0 atom stereocenters. The van der Waals surface area contributed by atoms with Crippen LogP contribution >= 0.6 is 0 Å². The van der Waals surface area contributed by atoms with Crippen molar-refractivity contribution >= 4 is 97.9 Å². The zero-order valence-corrected chi connectivity index (χ0v) is 56.7. The number of hydrogen-bond acceptors (Lipinski definition) is 23. The fourth-order valence-corrected chi connectivity index (χ4v) is 1.29. The van der Waals surface area contributed by atoms with Gasteiger partial charge in [-0.25, -0.2) is 0 Å². The summed E-state index contributed by atoms with van der Waals surface area (Å²) in [6.45, 7) is 0. The second kappa shape index (κ2) is 54.3. The van der Waals surface area contributed by atoms with Gasteiger partial charge < -0.3 is 111 Å². The van der Waals surface area contributed by atoms with Crippen LogP contribution in [0.15, 0.2) is 0 Å². The molecule has 0 saturated heterocycles. The molecule has 0 amide bonds. The number of rotatable bonds is 20. The van der Waals surface area contributed by atoms with Gasteiger partial charge in [0.2, 0.25) is 0 Å². The van der Waals surface area contributed by atoms with E-state index in [0.29, 0.717) is 0 Å². The van der Waals surface area contributed by atoms with E-state index in [1.54, 1.807) is 0 Å². The van der Waals surface area contributed by atoms with Crippen molar-refractivity contribution in [2.75, 3.05) is 0 Å². The molecule has 23 nitrogen and oxygen atoms in total. The summed E-state index contributed by atoms with van der Waals surface area (Å²) >= 11 is 0. The van der Waals surface area contributed by atoms with E-state index in [4.69, 9.17) is 40.2 Å². The van der Waals surface area contributed by atoms with Gasteiger partial charge in [0.15, 0.2) is 17.4 Å². The Morgan fingerprint density at radius 2 is 0.283 bits per heavy atom. The summed E-state index contributed by atoms with van der Waals surface area (Å²) in [4.78, 5) is 0. The zero-order chi connectivity index (χ0) is 26.4. The second-order valence-electron chi connectivity index (χ2n) is 4.78. The van der Waals surface area contributed by atoms with Crippen LogP contribution in [-0.4, -0.2) is 163 Å². The smallest absolute Gasteiger partial charge is 0.403 e. The van der Waals surface area contributed by atoms with Gasteiger partial charge in [-0.05, 0) is 0 Å². The summed E-state index contributed by atoms with van der Waals surface area (Å²) in [5.41, 5.74) is 0. The van der Waals surface area contributed by atoms with Gasteiger partial charge >= 0.3 is 80.5 Å². The molecule has 0 aromatic carbocycles. The molecule has 46 heteroatoms. The fourth-order valence-electron chi connectivity index (χ4n) is 1.29. The van der Waals surface area contributed by atoms with Gasteiger partial charge in [-0.15, -0.1) is 0 Å². The van der Waals surface area contributed by atoms with Crippen LogP contribution in [0.4, 0.5) is 0 Å². The molecule has 0 rings (SSSR count). The molecular weight excluding hydrogens is 1230 g/mol. The first kappa shape index (κ1) is 89.7. The van der Waals surface area contributed by atoms with Crippen molar-refractivity contribution in [1.29, 1.82) is 0 Å². The van der Waals surface area contributed by atoms with Gasteiger partial charge in [-0.1, -0.05) is 0 Å². The Balaban J connectivity index is -0.0000000825. The molecule has 0 aliphatic heterocycles. The Labute approximate surface area is 417 Å². The summed E-state index contributed by atoms with van der Waals surface area (Å²) in [7, 11) is -28.0. The molecule has 0 saturated carbocycles. The van der Waals surface area contributed by atoms with Crippen LogP contribution in [0, 0.1) is 0 Å². The molecular formula is H16AlB11O23Zn11. The fraction of sp³-hybridized carbons (Fsp3) is 0. The third-order valence-corrected chi connectivity index (χ3v) is 2.34. The van der Waals surface area contributed by atoms with E-state index in [1.807, 2.05) is 0 Å².